The van der Waals surface area contributed by atoms with Crippen LogP contribution in [-0.2, 0) is 23.1 Å². The van der Waals surface area contributed by atoms with Crippen LogP contribution in [0.2, 0.25) is 0 Å². The quantitative estimate of drug-likeness (QED) is 0.390. The number of ether oxygens (including phenoxy) is 2. The van der Waals surface area contributed by atoms with E-state index in [-0.39, 0.29) is 10.8 Å². The summed E-state index contributed by atoms with van der Waals surface area (Å²) in [5.74, 6) is 1.82. The molecular formula is C21H30N4O4S. The van der Waals surface area contributed by atoms with E-state index in [4.69, 9.17) is 15.2 Å². The van der Waals surface area contributed by atoms with Crippen molar-refractivity contribution in [2.45, 2.75) is 31.8 Å². The van der Waals surface area contributed by atoms with Crippen molar-refractivity contribution in [3.63, 3.8) is 0 Å². The highest BCUT2D eigenvalue weighted by atomic mass is 32.2. The maximum atomic E-state index is 12.2. The van der Waals surface area contributed by atoms with E-state index in [9.17, 15) is 8.42 Å². The molecule has 2 rings (SSSR count). The number of guanidine groups is 1. The second-order valence-corrected chi connectivity index (χ2v) is 8.90. The van der Waals surface area contributed by atoms with Crippen LogP contribution < -0.4 is 25.2 Å². The van der Waals surface area contributed by atoms with Gasteiger partial charge in [0, 0.05) is 13.1 Å². The van der Waals surface area contributed by atoms with Crippen molar-refractivity contribution in [3.05, 3.63) is 53.6 Å². The maximum absolute atomic E-state index is 12.2. The molecule has 0 unspecified atom stereocenters. The molecule has 0 aliphatic carbocycles. The van der Waals surface area contributed by atoms with Crippen LogP contribution in [0.4, 0.5) is 0 Å². The Kier molecular flexibility index (Phi) is 8.49. The third-order valence-corrected chi connectivity index (χ3v) is 5.71. The van der Waals surface area contributed by atoms with Gasteiger partial charge in [0.1, 0.15) is 0 Å². The second kappa shape index (κ2) is 10.8. The van der Waals surface area contributed by atoms with E-state index >= 15 is 0 Å². The van der Waals surface area contributed by atoms with Gasteiger partial charge in [-0.1, -0.05) is 32.0 Å². The number of hydrogen-bond acceptors (Lipinski definition) is 5. The minimum absolute atomic E-state index is 0.238. The van der Waals surface area contributed by atoms with E-state index in [2.05, 4.69) is 15.0 Å². The van der Waals surface area contributed by atoms with Gasteiger partial charge in [0.2, 0.25) is 10.0 Å². The SMILES string of the molecule is COc1ccc(CN=C(N)NCc2ccc(S(=O)(=O)NCC(C)C)cc2)cc1OC. The molecule has 0 saturated heterocycles. The second-order valence-electron chi connectivity index (χ2n) is 7.13. The van der Waals surface area contributed by atoms with Crippen molar-refractivity contribution in [1.82, 2.24) is 10.0 Å². The van der Waals surface area contributed by atoms with Crippen LogP contribution in [0.1, 0.15) is 25.0 Å². The normalized spacial score (nSPS) is 12.1. The topological polar surface area (TPSA) is 115 Å². The minimum Gasteiger partial charge on any atom is -0.493 e. The van der Waals surface area contributed by atoms with Gasteiger partial charge in [-0.05, 0) is 41.3 Å². The van der Waals surface area contributed by atoms with E-state index in [1.165, 1.54) is 0 Å². The number of sulfonamides is 1. The van der Waals surface area contributed by atoms with E-state index < -0.39 is 10.0 Å². The number of benzene rings is 2. The van der Waals surface area contributed by atoms with Crippen molar-refractivity contribution in [2.24, 2.45) is 16.6 Å². The van der Waals surface area contributed by atoms with Crippen molar-refractivity contribution in [2.75, 3.05) is 20.8 Å². The minimum atomic E-state index is -3.49. The summed E-state index contributed by atoms with van der Waals surface area (Å²) in [5, 5.41) is 3.03. The Morgan fingerprint density at radius 2 is 1.67 bits per heavy atom. The maximum Gasteiger partial charge on any atom is 0.240 e. The molecule has 9 heteroatoms. The molecule has 0 aromatic heterocycles. The van der Waals surface area contributed by atoms with Gasteiger partial charge in [0.25, 0.3) is 0 Å². The molecule has 0 saturated carbocycles. The molecule has 0 atom stereocenters. The van der Waals surface area contributed by atoms with Gasteiger partial charge in [-0.15, -0.1) is 0 Å². The van der Waals surface area contributed by atoms with E-state index in [0.29, 0.717) is 37.1 Å². The van der Waals surface area contributed by atoms with Crippen molar-refractivity contribution >= 4 is 16.0 Å². The van der Waals surface area contributed by atoms with Gasteiger partial charge in [0.05, 0.1) is 25.7 Å². The first-order valence-electron chi connectivity index (χ1n) is 9.58. The summed E-state index contributed by atoms with van der Waals surface area (Å²) >= 11 is 0. The largest absolute Gasteiger partial charge is 0.493 e. The molecule has 0 fully saturated rings. The average Bonchev–Trinajstić information content (AvgIpc) is 2.75. The van der Waals surface area contributed by atoms with Gasteiger partial charge in [-0.3, -0.25) is 0 Å². The first-order chi connectivity index (χ1) is 14.2. The van der Waals surface area contributed by atoms with Gasteiger partial charge in [0.15, 0.2) is 17.5 Å². The lowest BCUT2D eigenvalue weighted by Crippen LogP contribution is -2.31. The summed E-state index contributed by atoms with van der Waals surface area (Å²) in [6.45, 7) is 5.13. The monoisotopic (exact) mass is 434 g/mol. The summed E-state index contributed by atoms with van der Waals surface area (Å²) in [6, 6.07) is 12.2. The van der Waals surface area contributed by atoms with Crippen LogP contribution in [0.25, 0.3) is 0 Å². The zero-order valence-corrected chi connectivity index (χ0v) is 18.6. The van der Waals surface area contributed by atoms with Crippen LogP contribution in [0, 0.1) is 5.92 Å². The predicted molar refractivity (Wildman–Crippen MR) is 118 cm³/mol. The van der Waals surface area contributed by atoms with Crippen LogP contribution in [-0.4, -0.2) is 35.1 Å². The Hall–Kier alpha value is -2.78. The van der Waals surface area contributed by atoms with Crippen LogP contribution in [0.15, 0.2) is 52.4 Å². The van der Waals surface area contributed by atoms with Gasteiger partial charge < -0.3 is 20.5 Å². The number of hydrogen-bond donors (Lipinski definition) is 3. The van der Waals surface area contributed by atoms with E-state index in [1.54, 1.807) is 38.5 Å². The zero-order valence-electron chi connectivity index (χ0n) is 17.8. The Morgan fingerprint density at radius 3 is 2.27 bits per heavy atom. The summed E-state index contributed by atoms with van der Waals surface area (Å²) < 4.78 is 37.6. The first-order valence-corrected chi connectivity index (χ1v) is 11.1. The standard InChI is InChI=1S/C21H30N4O4S/c1-15(2)12-25-30(26,27)18-8-5-16(6-9-18)13-23-21(22)24-14-17-7-10-19(28-3)20(11-17)29-4/h5-11,15,25H,12-14H2,1-4H3,(H3,22,23,24). The van der Waals surface area contributed by atoms with Crippen LogP contribution in [0.5, 0.6) is 11.5 Å². The molecule has 0 radical (unpaired) electrons. The van der Waals surface area contributed by atoms with Crippen molar-refractivity contribution in [1.29, 1.82) is 0 Å². The zero-order chi connectivity index (χ0) is 22.1. The number of nitrogens with two attached hydrogens (primary N) is 1. The fourth-order valence-corrected chi connectivity index (χ4v) is 3.76. The summed E-state index contributed by atoms with van der Waals surface area (Å²) in [7, 11) is -0.325. The summed E-state index contributed by atoms with van der Waals surface area (Å²) in [5.41, 5.74) is 7.76. The van der Waals surface area contributed by atoms with E-state index in [0.717, 1.165) is 11.1 Å². The number of rotatable bonds is 10. The molecule has 0 spiro atoms. The van der Waals surface area contributed by atoms with Crippen LogP contribution in [0.3, 0.4) is 0 Å². The molecule has 0 aliphatic heterocycles. The Morgan fingerprint density at radius 1 is 1.03 bits per heavy atom. The molecule has 4 N–H and O–H groups in total. The Bertz CT molecular complexity index is 957. The average molecular weight is 435 g/mol. The third kappa shape index (κ3) is 6.93. The highest BCUT2D eigenvalue weighted by Crippen LogP contribution is 2.27. The first kappa shape index (κ1) is 23.5. The molecule has 8 nitrogen and oxygen atoms in total. The summed E-state index contributed by atoms with van der Waals surface area (Å²) in [4.78, 5) is 4.56. The van der Waals surface area contributed by atoms with E-state index in [1.807, 2.05) is 32.0 Å². The lowest BCUT2D eigenvalue weighted by molar-refractivity contribution is 0.354. The van der Waals surface area contributed by atoms with Crippen molar-refractivity contribution in [3.8, 4) is 11.5 Å². The fourth-order valence-electron chi connectivity index (χ4n) is 2.55. The molecule has 2 aromatic carbocycles. The third-order valence-electron chi connectivity index (χ3n) is 4.27. The summed E-state index contributed by atoms with van der Waals surface area (Å²) in [6.07, 6.45) is 0. The number of nitrogens with one attached hydrogen (secondary N) is 2. The molecule has 0 bridgehead atoms. The fraction of sp³-hybridized carbons (Fsp3) is 0.381. The lowest BCUT2D eigenvalue weighted by atomic mass is 10.2. The highest BCUT2D eigenvalue weighted by Gasteiger charge is 2.13. The number of aliphatic imine (C=N–C) groups is 1. The van der Waals surface area contributed by atoms with Crippen molar-refractivity contribution < 1.29 is 17.9 Å². The number of methoxy groups -OCH3 is 2. The Labute approximate surface area is 178 Å². The molecule has 0 aliphatic rings. The number of nitrogens with zero attached hydrogens (tertiary/aromatic N) is 1. The molecule has 164 valence electrons. The molecule has 30 heavy (non-hydrogen) atoms. The van der Waals surface area contributed by atoms with Gasteiger partial charge in [-0.25, -0.2) is 18.1 Å². The van der Waals surface area contributed by atoms with Gasteiger partial charge >= 0.3 is 0 Å². The molecule has 0 heterocycles. The smallest absolute Gasteiger partial charge is 0.240 e. The molecular weight excluding hydrogens is 404 g/mol. The van der Waals surface area contributed by atoms with Gasteiger partial charge in [-0.2, -0.15) is 0 Å². The Balaban J connectivity index is 1.92. The molecule has 0 amide bonds. The van der Waals surface area contributed by atoms with Crippen LogP contribution >= 0.6 is 0 Å². The lowest BCUT2D eigenvalue weighted by Gasteiger charge is -2.10. The predicted octanol–water partition coefficient (Wildman–Crippen LogP) is 2.24. The molecule has 2 aromatic rings. The highest BCUT2D eigenvalue weighted by molar-refractivity contribution is 7.89.